The zero-order chi connectivity index (χ0) is 15.4. The Morgan fingerprint density at radius 2 is 2.10 bits per heavy atom. The largest absolute Gasteiger partial charge is 0.397 e. The number of nitrogens with one attached hydrogen (secondary N) is 1. The van der Waals surface area contributed by atoms with Gasteiger partial charge < -0.3 is 16.0 Å². The van der Waals surface area contributed by atoms with Crippen LogP contribution < -0.4 is 11.1 Å². The number of aryl methyl sites for hydroxylation is 1. The van der Waals surface area contributed by atoms with Crippen LogP contribution in [0.5, 0.6) is 0 Å². The molecule has 0 aliphatic rings. The molecule has 21 heavy (non-hydrogen) atoms. The van der Waals surface area contributed by atoms with Crippen LogP contribution in [0.3, 0.4) is 0 Å². The molecule has 112 valence electrons. The number of hydrogen-bond acceptors (Lipinski definition) is 4. The molecule has 2 aromatic rings. The van der Waals surface area contributed by atoms with Gasteiger partial charge in [0.2, 0.25) is 0 Å². The van der Waals surface area contributed by atoms with Crippen LogP contribution in [0.4, 0.5) is 11.4 Å². The van der Waals surface area contributed by atoms with Crippen molar-refractivity contribution in [3.63, 3.8) is 0 Å². The first kappa shape index (κ1) is 15.4. The van der Waals surface area contributed by atoms with E-state index in [-0.39, 0.29) is 5.91 Å². The molecular weight excluding hydrogens is 282 g/mol. The van der Waals surface area contributed by atoms with Gasteiger partial charge in [-0.2, -0.15) is 0 Å². The molecule has 0 radical (unpaired) electrons. The molecule has 0 atom stereocenters. The van der Waals surface area contributed by atoms with Gasteiger partial charge in [0.1, 0.15) is 0 Å². The molecule has 0 unspecified atom stereocenters. The maximum atomic E-state index is 11.9. The Labute approximate surface area is 129 Å². The van der Waals surface area contributed by atoms with Gasteiger partial charge in [-0.25, -0.2) is 0 Å². The summed E-state index contributed by atoms with van der Waals surface area (Å²) in [7, 11) is 3.46. The van der Waals surface area contributed by atoms with E-state index in [2.05, 4.69) is 23.7 Å². The molecular formula is C16H21N3OS. The Morgan fingerprint density at radius 3 is 2.71 bits per heavy atom. The normalized spacial score (nSPS) is 10.4. The van der Waals surface area contributed by atoms with Gasteiger partial charge in [0.25, 0.3) is 5.91 Å². The monoisotopic (exact) mass is 303 g/mol. The highest BCUT2D eigenvalue weighted by atomic mass is 32.1. The highest BCUT2D eigenvalue weighted by Gasteiger charge is 2.10. The summed E-state index contributed by atoms with van der Waals surface area (Å²) in [5, 5.41) is 5.46. The highest BCUT2D eigenvalue weighted by molar-refractivity contribution is 7.10. The average molecular weight is 303 g/mol. The third-order valence-electron chi connectivity index (χ3n) is 3.36. The van der Waals surface area contributed by atoms with Gasteiger partial charge in [-0.3, -0.25) is 4.79 Å². The lowest BCUT2D eigenvalue weighted by Gasteiger charge is -2.13. The Balaban J connectivity index is 2.09. The molecule has 5 heteroatoms. The van der Waals surface area contributed by atoms with Crippen LogP contribution >= 0.6 is 11.3 Å². The van der Waals surface area contributed by atoms with Crippen molar-refractivity contribution in [3.05, 3.63) is 45.6 Å². The van der Waals surface area contributed by atoms with E-state index in [0.717, 1.165) is 18.7 Å². The number of thiophene rings is 1. The first-order valence-electron chi connectivity index (χ1n) is 6.93. The van der Waals surface area contributed by atoms with Crippen LogP contribution in [0, 0.1) is 0 Å². The van der Waals surface area contributed by atoms with Gasteiger partial charge >= 0.3 is 0 Å². The quantitative estimate of drug-likeness (QED) is 0.834. The lowest BCUT2D eigenvalue weighted by atomic mass is 10.1. The number of benzene rings is 1. The average Bonchev–Trinajstić information content (AvgIpc) is 2.92. The number of nitrogen functional groups attached to an aromatic ring is 1. The summed E-state index contributed by atoms with van der Waals surface area (Å²) in [5.74, 6) is -0.0419. The Bertz CT molecular complexity index is 634. The first-order chi connectivity index (χ1) is 10.0. The number of anilines is 2. The van der Waals surface area contributed by atoms with Crippen molar-refractivity contribution in [2.75, 3.05) is 25.1 Å². The standard InChI is InChI=1S/C16H21N3OS/c1-4-11-7-8-21-15(11)10-18-14-6-5-12(9-13(14)17)16(20)19(2)3/h5-9,18H,4,10,17H2,1-3H3. The minimum absolute atomic E-state index is 0.0419. The van der Waals surface area contributed by atoms with Crippen molar-refractivity contribution in [2.24, 2.45) is 0 Å². The molecule has 4 nitrogen and oxygen atoms in total. The van der Waals surface area contributed by atoms with Crippen LogP contribution in [0.2, 0.25) is 0 Å². The van der Waals surface area contributed by atoms with Gasteiger partial charge in [0, 0.05) is 31.1 Å². The number of carbonyl (C=O) groups excluding carboxylic acids is 1. The third-order valence-corrected chi connectivity index (χ3v) is 4.33. The molecule has 3 N–H and O–H groups in total. The van der Waals surface area contributed by atoms with Crippen LogP contribution in [0.15, 0.2) is 29.6 Å². The number of rotatable bonds is 5. The van der Waals surface area contributed by atoms with E-state index >= 15 is 0 Å². The van der Waals surface area contributed by atoms with Crippen LogP contribution in [-0.2, 0) is 13.0 Å². The summed E-state index contributed by atoms with van der Waals surface area (Å²) in [6.07, 6.45) is 1.03. The Morgan fingerprint density at radius 1 is 1.33 bits per heavy atom. The predicted molar refractivity (Wildman–Crippen MR) is 89.9 cm³/mol. The summed E-state index contributed by atoms with van der Waals surface area (Å²) >= 11 is 1.75. The van der Waals surface area contributed by atoms with Crippen molar-refractivity contribution < 1.29 is 4.79 Å². The topological polar surface area (TPSA) is 58.4 Å². The summed E-state index contributed by atoms with van der Waals surface area (Å²) in [6.45, 7) is 2.91. The van der Waals surface area contributed by atoms with E-state index in [1.165, 1.54) is 10.4 Å². The molecule has 0 aliphatic carbocycles. The van der Waals surface area contributed by atoms with Gasteiger partial charge in [-0.1, -0.05) is 6.92 Å². The molecule has 2 rings (SSSR count). The molecule has 1 aromatic heterocycles. The van der Waals surface area contributed by atoms with Crippen molar-refractivity contribution in [1.82, 2.24) is 4.90 Å². The van der Waals surface area contributed by atoms with Gasteiger partial charge in [0.15, 0.2) is 0 Å². The Hall–Kier alpha value is -2.01. The van der Waals surface area contributed by atoms with E-state index in [1.807, 2.05) is 6.07 Å². The fourth-order valence-corrected chi connectivity index (χ4v) is 3.04. The van der Waals surface area contributed by atoms with Crippen LogP contribution in [0.25, 0.3) is 0 Å². The second-order valence-corrected chi connectivity index (χ2v) is 6.08. The molecule has 1 aromatic carbocycles. The highest BCUT2D eigenvalue weighted by Crippen LogP contribution is 2.23. The molecule has 1 amide bonds. The second kappa shape index (κ2) is 6.63. The summed E-state index contributed by atoms with van der Waals surface area (Å²) in [6, 6.07) is 7.55. The smallest absolute Gasteiger partial charge is 0.253 e. The van der Waals surface area contributed by atoms with Gasteiger partial charge in [-0.05, 0) is 41.6 Å². The maximum Gasteiger partial charge on any atom is 0.253 e. The number of nitrogens with two attached hydrogens (primary N) is 1. The van der Waals surface area contributed by atoms with Crippen molar-refractivity contribution in [2.45, 2.75) is 19.9 Å². The molecule has 1 heterocycles. The van der Waals surface area contributed by atoms with E-state index in [1.54, 1.807) is 42.5 Å². The SMILES string of the molecule is CCc1ccsc1CNc1ccc(C(=O)N(C)C)cc1N. The van der Waals surface area contributed by atoms with E-state index in [0.29, 0.717) is 11.3 Å². The second-order valence-electron chi connectivity index (χ2n) is 5.08. The molecule has 0 saturated heterocycles. The third kappa shape index (κ3) is 3.55. The first-order valence-corrected chi connectivity index (χ1v) is 7.81. The zero-order valence-electron chi connectivity index (χ0n) is 12.6. The molecule has 0 saturated carbocycles. The fourth-order valence-electron chi connectivity index (χ4n) is 2.13. The summed E-state index contributed by atoms with van der Waals surface area (Å²) in [4.78, 5) is 14.8. The number of amides is 1. The number of carbonyl (C=O) groups is 1. The van der Waals surface area contributed by atoms with Crippen molar-refractivity contribution in [3.8, 4) is 0 Å². The lowest BCUT2D eigenvalue weighted by molar-refractivity contribution is 0.0827. The fraction of sp³-hybridized carbons (Fsp3) is 0.312. The van der Waals surface area contributed by atoms with E-state index < -0.39 is 0 Å². The van der Waals surface area contributed by atoms with Crippen LogP contribution in [0.1, 0.15) is 27.7 Å². The summed E-state index contributed by atoms with van der Waals surface area (Å²) < 4.78 is 0. The number of nitrogens with zero attached hydrogens (tertiary/aromatic N) is 1. The summed E-state index contributed by atoms with van der Waals surface area (Å²) in [5.41, 5.74) is 9.47. The maximum absolute atomic E-state index is 11.9. The molecule has 0 aliphatic heterocycles. The van der Waals surface area contributed by atoms with Crippen molar-refractivity contribution >= 4 is 28.6 Å². The zero-order valence-corrected chi connectivity index (χ0v) is 13.5. The van der Waals surface area contributed by atoms with Gasteiger partial charge in [0.05, 0.1) is 11.4 Å². The molecule has 0 spiro atoms. The Kier molecular flexibility index (Phi) is 4.85. The molecule has 0 fully saturated rings. The van der Waals surface area contributed by atoms with E-state index in [4.69, 9.17) is 5.73 Å². The minimum Gasteiger partial charge on any atom is -0.397 e. The number of hydrogen-bond donors (Lipinski definition) is 2. The van der Waals surface area contributed by atoms with Crippen LogP contribution in [-0.4, -0.2) is 24.9 Å². The minimum atomic E-state index is -0.0419. The molecule has 0 bridgehead atoms. The predicted octanol–water partition coefficient (Wildman–Crippen LogP) is 3.21. The van der Waals surface area contributed by atoms with Gasteiger partial charge in [-0.15, -0.1) is 11.3 Å². The lowest BCUT2D eigenvalue weighted by Crippen LogP contribution is -2.21. The van der Waals surface area contributed by atoms with E-state index in [9.17, 15) is 4.79 Å². The van der Waals surface area contributed by atoms with Crippen molar-refractivity contribution in [1.29, 1.82) is 0 Å².